The van der Waals surface area contributed by atoms with E-state index in [0.29, 0.717) is 17.3 Å². The molecule has 0 fully saturated rings. The van der Waals surface area contributed by atoms with Crippen molar-refractivity contribution in [2.24, 2.45) is 0 Å². The molecule has 3 rings (SSSR count). The van der Waals surface area contributed by atoms with E-state index in [0.717, 1.165) is 5.56 Å². The van der Waals surface area contributed by atoms with E-state index in [1.165, 1.54) is 36.9 Å². The number of hydrogen-bond donors (Lipinski definition) is 1. The highest BCUT2D eigenvalue weighted by molar-refractivity contribution is 6.03. The number of nitro groups is 1. The van der Waals surface area contributed by atoms with Crippen molar-refractivity contribution in [3.05, 3.63) is 81.3 Å². The maximum absolute atomic E-state index is 12.4. The highest BCUT2D eigenvalue weighted by Gasteiger charge is 2.19. The maximum Gasteiger partial charge on any atom is 0.296 e. The summed E-state index contributed by atoms with van der Waals surface area (Å²) in [6.07, 6.45) is 0. The van der Waals surface area contributed by atoms with E-state index in [4.69, 9.17) is 13.9 Å². The standard InChI is InChI=1S/C21H20N2O6/c1-13-4-5-16(10-14(13)2)28-12-17-7-9-20(29-17)21(24)22-18-8-6-15(27-3)11-19(18)23(25)26/h4-11H,12H2,1-3H3,(H,22,24). The first-order chi connectivity index (χ1) is 13.9. The van der Waals surface area contributed by atoms with Gasteiger partial charge in [0.15, 0.2) is 5.76 Å². The fraction of sp³-hybridized carbons (Fsp3) is 0.190. The number of rotatable bonds is 7. The number of furan rings is 1. The molecule has 1 N–H and O–H groups in total. The molecule has 0 unspecified atom stereocenters. The van der Waals surface area contributed by atoms with Crippen LogP contribution in [0, 0.1) is 24.0 Å². The monoisotopic (exact) mass is 396 g/mol. The number of nitro benzene ring substituents is 1. The quantitative estimate of drug-likeness (QED) is 0.461. The van der Waals surface area contributed by atoms with Crippen LogP contribution >= 0.6 is 0 Å². The summed E-state index contributed by atoms with van der Waals surface area (Å²) >= 11 is 0. The van der Waals surface area contributed by atoms with E-state index in [1.54, 1.807) is 6.07 Å². The lowest BCUT2D eigenvalue weighted by Crippen LogP contribution is -2.12. The first-order valence-corrected chi connectivity index (χ1v) is 8.80. The average Bonchev–Trinajstić information content (AvgIpc) is 3.18. The number of aryl methyl sites for hydroxylation is 2. The van der Waals surface area contributed by atoms with Crippen LogP contribution in [0.5, 0.6) is 11.5 Å². The summed E-state index contributed by atoms with van der Waals surface area (Å²) in [6, 6.07) is 13.0. The average molecular weight is 396 g/mol. The predicted octanol–water partition coefficient (Wildman–Crippen LogP) is 4.64. The third-order valence-corrected chi connectivity index (χ3v) is 4.39. The van der Waals surface area contributed by atoms with Crippen molar-refractivity contribution in [2.75, 3.05) is 12.4 Å². The van der Waals surface area contributed by atoms with Gasteiger partial charge in [0.05, 0.1) is 18.1 Å². The number of nitrogens with zero attached hydrogens (tertiary/aromatic N) is 1. The van der Waals surface area contributed by atoms with Crippen LogP contribution in [-0.2, 0) is 6.61 Å². The van der Waals surface area contributed by atoms with Crippen molar-refractivity contribution in [3.8, 4) is 11.5 Å². The van der Waals surface area contributed by atoms with Crippen LogP contribution in [0.1, 0.15) is 27.4 Å². The van der Waals surface area contributed by atoms with E-state index >= 15 is 0 Å². The van der Waals surface area contributed by atoms with E-state index in [-0.39, 0.29) is 23.7 Å². The molecule has 0 saturated carbocycles. The molecule has 8 nitrogen and oxygen atoms in total. The molecule has 1 aromatic heterocycles. The van der Waals surface area contributed by atoms with Gasteiger partial charge in [0.25, 0.3) is 11.6 Å². The lowest BCUT2D eigenvalue weighted by Gasteiger charge is -2.07. The lowest BCUT2D eigenvalue weighted by molar-refractivity contribution is -0.384. The van der Waals surface area contributed by atoms with Crippen LogP contribution in [0.4, 0.5) is 11.4 Å². The molecule has 0 spiro atoms. The summed E-state index contributed by atoms with van der Waals surface area (Å²) in [7, 11) is 1.40. The van der Waals surface area contributed by atoms with Gasteiger partial charge in [-0.25, -0.2) is 0 Å². The largest absolute Gasteiger partial charge is 0.496 e. The zero-order valence-electron chi connectivity index (χ0n) is 16.2. The highest BCUT2D eigenvalue weighted by Crippen LogP contribution is 2.29. The number of benzene rings is 2. The molecule has 0 aliphatic rings. The number of ether oxygens (including phenoxy) is 2. The zero-order valence-corrected chi connectivity index (χ0v) is 16.2. The summed E-state index contributed by atoms with van der Waals surface area (Å²) < 4.78 is 16.2. The number of carbonyl (C=O) groups excluding carboxylic acids is 1. The summed E-state index contributed by atoms with van der Waals surface area (Å²) in [5.41, 5.74) is 2.05. The number of anilines is 1. The lowest BCUT2D eigenvalue weighted by atomic mass is 10.1. The Balaban J connectivity index is 1.68. The van der Waals surface area contributed by atoms with Crippen LogP contribution < -0.4 is 14.8 Å². The SMILES string of the molecule is COc1ccc(NC(=O)c2ccc(COc3ccc(C)c(C)c3)o2)c([N+](=O)[O-])c1. The summed E-state index contributed by atoms with van der Waals surface area (Å²) in [5.74, 6) is 0.893. The first kappa shape index (κ1) is 19.9. The van der Waals surface area contributed by atoms with Crippen LogP contribution in [0.25, 0.3) is 0 Å². The van der Waals surface area contributed by atoms with Crippen molar-refractivity contribution in [3.63, 3.8) is 0 Å². The van der Waals surface area contributed by atoms with E-state index in [1.807, 2.05) is 32.0 Å². The Labute approximate surface area is 167 Å². The van der Waals surface area contributed by atoms with E-state index in [9.17, 15) is 14.9 Å². The van der Waals surface area contributed by atoms with Gasteiger partial charge in [-0.2, -0.15) is 0 Å². The summed E-state index contributed by atoms with van der Waals surface area (Å²) in [4.78, 5) is 23.1. The summed E-state index contributed by atoms with van der Waals surface area (Å²) in [6.45, 7) is 4.16. The Morgan fingerprint density at radius 3 is 2.52 bits per heavy atom. The predicted molar refractivity (Wildman–Crippen MR) is 107 cm³/mol. The zero-order chi connectivity index (χ0) is 21.0. The fourth-order valence-electron chi connectivity index (χ4n) is 2.61. The van der Waals surface area contributed by atoms with E-state index < -0.39 is 10.8 Å². The Bertz CT molecular complexity index is 1060. The number of amides is 1. The molecule has 0 bridgehead atoms. The van der Waals surface area contributed by atoms with Gasteiger partial charge in [-0.1, -0.05) is 6.07 Å². The third kappa shape index (κ3) is 4.73. The summed E-state index contributed by atoms with van der Waals surface area (Å²) in [5, 5.41) is 13.7. The van der Waals surface area contributed by atoms with Gasteiger partial charge in [0, 0.05) is 0 Å². The number of nitrogens with one attached hydrogen (secondary N) is 1. The van der Waals surface area contributed by atoms with Gasteiger partial charge in [0.2, 0.25) is 0 Å². The van der Waals surface area contributed by atoms with Crippen molar-refractivity contribution < 1.29 is 23.6 Å². The number of methoxy groups -OCH3 is 1. The van der Waals surface area contributed by atoms with E-state index in [2.05, 4.69) is 5.32 Å². The minimum atomic E-state index is -0.601. The minimum absolute atomic E-state index is 0.0220. The molecule has 8 heteroatoms. The molecule has 0 aliphatic carbocycles. The normalized spacial score (nSPS) is 10.4. The van der Waals surface area contributed by atoms with Crippen molar-refractivity contribution >= 4 is 17.3 Å². The second-order valence-corrected chi connectivity index (χ2v) is 6.40. The molecule has 0 aliphatic heterocycles. The first-order valence-electron chi connectivity index (χ1n) is 8.80. The van der Waals surface area contributed by atoms with Gasteiger partial charge < -0.3 is 19.2 Å². The molecule has 29 heavy (non-hydrogen) atoms. The molecule has 150 valence electrons. The van der Waals surface area contributed by atoms with Crippen LogP contribution in [0.3, 0.4) is 0 Å². The van der Waals surface area contributed by atoms with Crippen molar-refractivity contribution in [2.45, 2.75) is 20.5 Å². The van der Waals surface area contributed by atoms with Gasteiger partial charge in [0.1, 0.15) is 29.6 Å². The third-order valence-electron chi connectivity index (χ3n) is 4.39. The minimum Gasteiger partial charge on any atom is -0.496 e. The molecule has 0 radical (unpaired) electrons. The molecular weight excluding hydrogens is 376 g/mol. The maximum atomic E-state index is 12.4. The number of hydrogen-bond acceptors (Lipinski definition) is 6. The van der Waals surface area contributed by atoms with Gasteiger partial charge in [-0.05, 0) is 61.4 Å². The molecule has 0 atom stereocenters. The fourth-order valence-corrected chi connectivity index (χ4v) is 2.61. The van der Waals surface area contributed by atoms with Crippen LogP contribution in [0.2, 0.25) is 0 Å². The highest BCUT2D eigenvalue weighted by atomic mass is 16.6. The van der Waals surface area contributed by atoms with Gasteiger partial charge in [-0.15, -0.1) is 0 Å². The number of carbonyl (C=O) groups is 1. The molecule has 0 saturated heterocycles. The van der Waals surface area contributed by atoms with Crippen molar-refractivity contribution in [1.82, 2.24) is 0 Å². The Kier molecular flexibility index (Phi) is 5.82. The molecule has 1 heterocycles. The Hall–Kier alpha value is -3.81. The van der Waals surface area contributed by atoms with Crippen molar-refractivity contribution in [1.29, 1.82) is 0 Å². The smallest absolute Gasteiger partial charge is 0.296 e. The molecule has 2 aromatic carbocycles. The van der Waals surface area contributed by atoms with Gasteiger partial charge >= 0.3 is 0 Å². The van der Waals surface area contributed by atoms with Gasteiger partial charge in [-0.3, -0.25) is 14.9 Å². The second-order valence-electron chi connectivity index (χ2n) is 6.40. The Morgan fingerprint density at radius 2 is 1.83 bits per heavy atom. The van der Waals surface area contributed by atoms with Crippen LogP contribution in [0.15, 0.2) is 52.9 Å². The Morgan fingerprint density at radius 1 is 1.07 bits per heavy atom. The molecule has 3 aromatic rings. The second kappa shape index (κ2) is 8.47. The van der Waals surface area contributed by atoms with Crippen LogP contribution in [-0.4, -0.2) is 17.9 Å². The molecule has 1 amide bonds. The topological polar surface area (TPSA) is 104 Å². The molecular formula is C21H20N2O6.